The number of hydrogen-bond donors (Lipinski definition) is 1. The predicted molar refractivity (Wildman–Crippen MR) is 55.2 cm³/mol. The van der Waals surface area contributed by atoms with Crippen molar-refractivity contribution < 1.29 is 9.90 Å². The van der Waals surface area contributed by atoms with Crippen LogP contribution >= 0.6 is 0 Å². The molecule has 0 fully saturated rings. The first-order valence-electron chi connectivity index (χ1n) is 4.80. The number of carboxylic acid groups (broad SMARTS) is 1. The smallest absolute Gasteiger partial charge is 0.407 e. The second kappa shape index (κ2) is 3.90. The zero-order valence-corrected chi connectivity index (χ0v) is 9.19. The number of nitrogens with zero attached hydrogens (tertiary/aromatic N) is 2. The van der Waals surface area contributed by atoms with Gasteiger partial charge in [-0.25, -0.2) is 4.79 Å². The maximum atomic E-state index is 10.8. The minimum absolute atomic E-state index is 0.0127. The largest absolute Gasteiger partial charge is 0.465 e. The molecule has 1 amide bonds. The van der Waals surface area contributed by atoms with E-state index < -0.39 is 6.09 Å². The number of hydrogen-bond acceptors (Lipinski definition) is 2. The van der Waals surface area contributed by atoms with Crippen molar-refractivity contribution in [2.75, 3.05) is 14.1 Å². The first-order chi connectivity index (χ1) is 6.43. The average Bonchev–Trinajstić information content (AvgIpc) is 2.12. The average molecular weight is 198 g/mol. The molecule has 0 aromatic heterocycles. The fraction of sp³-hybridized carbons (Fsp3) is 0.700. The van der Waals surface area contributed by atoms with E-state index in [1.165, 1.54) is 4.90 Å². The molecule has 80 valence electrons. The summed E-state index contributed by atoms with van der Waals surface area (Å²) in [7, 11) is 3.66. The third-order valence-electron chi connectivity index (χ3n) is 3.03. The van der Waals surface area contributed by atoms with E-state index in [0.29, 0.717) is 6.04 Å². The van der Waals surface area contributed by atoms with Gasteiger partial charge in [-0.05, 0) is 26.3 Å². The number of carbonyl (C=O) groups is 1. The van der Waals surface area contributed by atoms with Crippen molar-refractivity contribution in [2.24, 2.45) is 0 Å². The third-order valence-corrected chi connectivity index (χ3v) is 3.03. The Hall–Kier alpha value is -1.19. The summed E-state index contributed by atoms with van der Waals surface area (Å²) in [4.78, 5) is 14.3. The molecule has 0 aromatic rings. The summed E-state index contributed by atoms with van der Waals surface area (Å²) in [5.74, 6) is 0. The van der Waals surface area contributed by atoms with Crippen molar-refractivity contribution in [2.45, 2.75) is 32.4 Å². The van der Waals surface area contributed by atoms with Crippen molar-refractivity contribution in [3.05, 3.63) is 11.8 Å². The second-order valence-corrected chi connectivity index (χ2v) is 3.96. The van der Waals surface area contributed by atoms with Gasteiger partial charge in [-0.3, -0.25) is 0 Å². The molecule has 0 saturated heterocycles. The highest BCUT2D eigenvalue weighted by atomic mass is 16.4. The molecular weight excluding hydrogens is 180 g/mol. The summed E-state index contributed by atoms with van der Waals surface area (Å²) in [5, 5.41) is 8.86. The monoisotopic (exact) mass is 198 g/mol. The number of likely N-dealkylation sites (N-methyl/N-ethyl adjacent to an activating group) is 1. The molecule has 0 bridgehead atoms. The van der Waals surface area contributed by atoms with Gasteiger partial charge in [-0.2, -0.15) is 0 Å². The molecule has 0 radical (unpaired) electrons. The summed E-state index contributed by atoms with van der Waals surface area (Å²) < 4.78 is 0. The molecule has 14 heavy (non-hydrogen) atoms. The molecule has 1 aliphatic heterocycles. The van der Waals surface area contributed by atoms with Gasteiger partial charge in [0.25, 0.3) is 0 Å². The minimum Gasteiger partial charge on any atom is -0.465 e. The normalized spacial score (nSPS) is 27.1. The van der Waals surface area contributed by atoms with E-state index in [9.17, 15) is 4.79 Å². The van der Waals surface area contributed by atoms with Gasteiger partial charge in [0, 0.05) is 25.8 Å². The first kappa shape index (κ1) is 10.9. The summed E-state index contributed by atoms with van der Waals surface area (Å²) in [6.45, 7) is 4.12. The number of rotatable bonds is 1. The zero-order chi connectivity index (χ0) is 10.9. The Bertz CT molecular complexity index is 263. The molecule has 0 saturated carbocycles. The standard InChI is InChI=1S/C10H18N2O2/c1-7-5-9(12(4)10(13)14)6-8(2)11(7)3/h5,8-9H,6H2,1-4H3,(H,13,14). The van der Waals surface area contributed by atoms with E-state index in [1.807, 2.05) is 20.0 Å². The molecule has 1 heterocycles. The van der Waals surface area contributed by atoms with Gasteiger partial charge < -0.3 is 14.9 Å². The SMILES string of the molecule is CC1=CC(N(C)C(=O)O)CC(C)N1C. The van der Waals surface area contributed by atoms with Crippen LogP contribution in [0.3, 0.4) is 0 Å². The Labute approximate surface area is 84.8 Å². The van der Waals surface area contributed by atoms with Crippen LogP contribution in [0.1, 0.15) is 20.3 Å². The van der Waals surface area contributed by atoms with Crippen LogP contribution in [0.4, 0.5) is 4.79 Å². The van der Waals surface area contributed by atoms with Gasteiger partial charge in [-0.15, -0.1) is 0 Å². The van der Waals surface area contributed by atoms with Gasteiger partial charge in [-0.1, -0.05) is 0 Å². The quantitative estimate of drug-likeness (QED) is 0.696. The van der Waals surface area contributed by atoms with Gasteiger partial charge in [0.15, 0.2) is 0 Å². The first-order valence-corrected chi connectivity index (χ1v) is 4.80. The van der Waals surface area contributed by atoms with Crippen molar-refractivity contribution in [1.82, 2.24) is 9.80 Å². The van der Waals surface area contributed by atoms with Crippen LogP contribution in [-0.2, 0) is 0 Å². The van der Waals surface area contributed by atoms with Crippen LogP contribution in [-0.4, -0.2) is 47.2 Å². The number of allylic oxidation sites excluding steroid dienone is 1. The van der Waals surface area contributed by atoms with Crippen molar-refractivity contribution in [1.29, 1.82) is 0 Å². The fourth-order valence-corrected chi connectivity index (χ4v) is 1.73. The van der Waals surface area contributed by atoms with Crippen LogP contribution in [0.2, 0.25) is 0 Å². The lowest BCUT2D eigenvalue weighted by Gasteiger charge is -2.37. The lowest BCUT2D eigenvalue weighted by molar-refractivity contribution is 0.132. The van der Waals surface area contributed by atoms with Crippen LogP contribution in [0.5, 0.6) is 0 Å². The molecule has 4 heteroatoms. The van der Waals surface area contributed by atoms with Gasteiger partial charge >= 0.3 is 6.09 Å². The Kier molecular flexibility index (Phi) is 3.03. The highest BCUT2D eigenvalue weighted by Crippen LogP contribution is 2.21. The molecule has 0 aliphatic carbocycles. The maximum Gasteiger partial charge on any atom is 0.407 e. The predicted octanol–water partition coefficient (Wildman–Crippen LogP) is 1.59. The fourth-order valence-electron chi connectivity index (χ4n) is 1.73. The highest BCUT2D eigenvalue weighted by Gasteiger charge is 2.26. The van der Waals surface area contributed by atoms with E-state index in [4.69, 9.17) is 5.11 Å². The minimum atomic E-state index is -0.865. The van der Waals surface area contributed by atoms with E-state index >= 15 is 0 Å². The highest BCUT2D eigenvalue weighted by molar-refractivity contribution is 5.65. The van der Waals surface area contributed by atoms with Gasteiger partial charge in [0.1, 0.15) is 0 Å². The molecule has 2 atom stereocenters. The van der Waals surface area contributed by atoms with Crippen molar-refractivity contribution in [3.8, 4) is 0 Å². The molecule has 0 aromatic carbocycles. The van der Waals surface area contributed by atoms with Crippen LogP contribution in [0, 0.1) is 0 Å². The Morgan fingerprint density at radius 3 is 2.71 bits per heavy atom. The Balaban J connectivity index is 2.79. The molecule has 4 nitrogen and oxygen atoms in total. The van der Waals surface area contributed by atoms with Crippen molar-refractivity contribution in [3.63, 3.8) is 0 Å². The zero-order valence-electron chi connectivity index (χ0n) is 9.19. The number of amides is 1. The Morgan fingerprint density at radius 1 is 1.71 bits per heavy atom. The van der Waals surface area contributed by atoms with E-state index in [-0.39, 0.29) is 6.04 Å². The lowest BCUT2D eigenvalue weighted by atomic mass is 10.0. The van der Waals surface area contributed by atoms with E-state index in [1.54, 1.807) is 7.05 Å². The topological polar surface area (TPSA) is 43.8 Å². The summed E-state index contributed by atoms with van der Waals surface area (Å²) in [5.41, 5.74) is 1.14. The molecule has 1 N–H and O–H groups in total. The van der Waals surface area contributed by atoms with E-state index in [2.05, 4.69) is 11.8 Å². The second-order valence-electron chi connectivity index (χ2n) is 3.96. The third kappa shape index (κ3) is 2.00. The van der Waals surface area contributed by atoms with Crippen LogP contribution in [0.15, 0.2) is 11.8 Å². The molecule has 1 rings (SSSR count). The Morgan fingerprint density at radius 2 is 2.29 bits per heavy atom. The molecular formula is C10H18N2O2. The molecule has 2 unspecified atom stereocenters. The van der Waals surface area contributed by atoms with E-state index in [0.717, 1.165) is 12.1 Å². The van der Waals surface area contributed by atoms with Crippen LogP contribution < -0.4 is 0 Å². The summed E-state index contributed by atoms with van der Waals surface area (Å²) in [6, 6.07) is 0.408. The summed E-state index contributed by atoms with van der Waals surface area (Å²) in [6.07, 6.45) is 2.00. The maximum absolute atomic E-state index is 10.8. The molecule has 1 aliphatic rings. The van der Waals surface area contributed by atoms with Crippen LogP contribution in [0.25, 0.3) is 0 Å². The van der Waals surface area contributed by atoms with Crippen molar-refractivity contribution >= 4 is 6.09 Å². The van der Waals surface area contributed by atoms with Gasteiger partial charge in [0.2, 0.25) is 0 Å². The lowest BCUT2D eigenvalue weighted by Crippen LogP contribution is -2.44. The van der Waals surface area contributed by atoms with Gasteiger partial charge in [0.05, 0.1) is 6.04 Å². The summed E-state index contributed by atoms with van der Waals surface area (Å²) >= 11 is 0. The molecule has 0 spiro atoms.